The fourth-order valence-corrected chi connectivity index (χ4v) is 7.27. The lowest BCUT2D eigenvalue weighted by atomic mass is 9.71. The molecule has 5 aromatic rings. The molecular formula is C38H38N2O. The van der Waals surface area contributed by atoms with Gasteiger partial charge in [-0.1, -0.05) is 121 Å². The van der Waals surface area contributed by atoms with E-state index in [4.69, 9.17) is 4.84 Å². The quantitative estimate of drug-likeness (QED) is 0.222. The van der Waals surface area contributed by atoms with Gasteiger partial charge in [-0.15, -0.1) is 0 Å². The van der Waals surface area contributed by atoms with Gasteiger partial charge < -0.3 is 0 Å². The molecule has 2 aliphatic rings. The monoisotopic (exact) mass is 538 g/mol. The normalized spacial score (nSPS) is 23.7. The fraction of sp³-hybridized carbons (Fsp3) is 0.263. The molecule has 0 unspecified atom stereocenters. The van der Waals surface area contributed by atoms with Gasteiger partial charge in [0.1, 0.15) is 5.60 Å². The van der Waals surface area contributed by atoms with Crippen LogP contribution in [0.4, 0.5) is 5.69 Å². The summed E-state index contributed by atoms with van der Waals surface area (Å²) in [5.74, 6) is 0.141. The minimum atomic E-state index is -0.378. The van der Waals surface area contributed by atoms with Crippen molar-refractivity contribution in [3.05, 3.63) is 150 Å². The van der Waals surface area contributed by atoms with Crippen molar-refractivity contribution in [2.45, 2.75) is 50.3 Å². The van der Waals surface area contributed by atoms with Crippen molar-refractivity contribution < 1.29 is 4.84 Å². The molecule has 2 saturated heterocycles. The number of hydrogen-bond donors (Lipinski definition) is 0. The molecule has 0 amide bonds. The summed E-state index contributed by atoms with van der Waals surface area (Å²) in [5, 5.41) is 4.85. The van der Waals surface area contributed by atoms with Crippen molar-refractivity contribution in [2.24, 2.45) is 0 Å². The first-order valence-electron chi connectivity index (χ1n) is 15.0. The molecule has 1 spiro atoms. The zero-order valence-electron chi connectivity index (χ0n) is 24.0. The zero-order valence-corrected chi connectivity index (χ0v) is 24.0. The predicted molar refractivity (Wildman–Crippen MR) is 169 cm³/mol. The lowest BCUT2D eigenvalue weighted by Gasteiger charge is -2.45. The highest BCUT2D eigenvalue weighted by Crippen LogP contribution is 2.57. The second-order valence-electron chi connectivity index (χ2n) is 11.9. The fourth-order valence-electron chi connectivity index (χ4n) is 7.27. The molecule has 3 nitrogen and oxygen atoms in total. The smallest absolute Gasteiger partial charge is 0.118 e. The number of fused-ring (bicyclic) bond motifs is 1. The minimum absolute atomic E-state index is 0.0378. The summed E-state index contributed by atoms with van der Waals surface area (Å²) in [6.07, 6.45) is 2.12. The number of rotatable bonds is 5. The van der Waals surface area contributed by atoms with Crippen molar-refractivity contribution in [3.8, 4) is 0 Å². The molecule has 0 saturated carbocycles. The van der Waals surface area contributed by atoms with Gasteiger partial charge in [-0.25, -0.2) is 5.06 Å². The standard InChI is InChI=1S/C38H38N2O/c1-28-21-23-32(24-22-28)37-36(35-20-11-16-31-15-9-10-19-34(31)35)38(41-40(37)33-17-7-4-8-18-33)25-12-26-39(27-38)29(2)30-13-5-3-6-14-30/h3-11,13-24,29,36-37H,12,25-27H2,1-2H3/t29-,36+,37-,38+/m1/s1. The van der Waals surface area contributed by atoms with Crippen LogP contribution in [-0.4, -0.2) is 23.6 Å². The van der Waals surface area contributed by atoms with E-state index in [1.165, 1.54) is 33.0 Å². The van der Waals surface area contributed by atoms with Gasteiger partial charge in [0.2, 0.25) is 0 Å². The van der Waals surface area contributed by atoms with Gasteiger partial charge >= 0.3 is 0 Å². The number of para-hydroxylation sites is 1. The molecule has 5 aromatic carbocycles. The lowest BCUT2D eigenvalue weighted by molar-refractivity contribution is -0.0787. The van der Waals surface area contributed by atoms with Crippen LogP contribution >= 0.6 is 0 Å². The Kier molecular flexibility index (Phi) is 6.86. The van der Waals surface area contributed by atoms with Crippen molar-refractivity contribution in [2.75, 3.05) is 18.2 Å². The van der Waals surface area contributed by atoms with Crippen LogP contribution in [0.25, 0.3) is 10.8 Å². The minimum Gasteiger partial charge on any atom is -0.294 e. The summed E-state index contributed by atoms with van der Waals surface area (Å²) < 4.78 is 0. The Morgan fingerprint density at radius 2 is 1.44 bits per heavy atom. The molecule has 2 fully saturated rings. The van der Waals surface area contributed by atoms with E-state index in [-0.39, 0.29) is 17.6 Å². The van der Waals surface area contributed by atoms with Gasteiger partial charge in [0, 0.05) is 18.5 Å². The average molecular weight is 539 g/mol. The Bertz CT molecular complexity index is 1610. The van der Waals surface area contributed by atoms with Gasteiger partial charge in [0.15, 0.2) is 0 Å². The number of hydrogen-bond acceptors (Lipinski definition) is 3. The van der Waals surface area contributed by atoms with Gasteiger partial charge in [-0.05, 0) is 72.8 Å². The van der Waals surface area contributed by atoms with Crippen LogP contribution in [0.15, 0.2) is 127 Å². The number of benzene rings is 5. The van der Waals surface area contributed by atoms with Crippen molar-refractivity contribution in [1.82, 2.24) is 4.90 Å². The van der Waals surface area contributed by atoms with Gasteiger partial charge in [-0.2, -0.15) is 0 Å². The molecule has 7 rings (SSSR count). The Morgan fingerprint density at radius 1 is 0.756 bits per heavy atom. The number of nitrogens with zero attached hydrogens (tertiary/aromatic N) is 2. The van der Waals surface area contributed by atoms with E-state index in [0.29, 0.717) is 6.04 Å². The van der Waals surface area contributed by atoms with E-state index < -0.39 is 0 Å². The Labute approximate surface area is 244 Å². The highest BCUT2D eigenvalue weighted by Gasteiger charge is 2.57. The summed E-state index contributed by atoms with van der Waals surface area (Å²) in [6, 6.07) is 46.8. The highest BCUT2D eigenvalue weighted by atomic mass is 16.7. The summed E-state index contributed by atoms with van der Waals surface area (Å²) in [7, 11) is 0. The maximum atomic E-state index is 7.40. The highest BCUT2D eigenvalue weighted by molar-refractivity contribution is 5.86. The SMILES string of the molecule is Cc1ccc([C@@H]2[C@H](c3cccc4ccccc34)[C@@]3(CCCN([C@H](C)c4ccccc4)C3)ON2c2ccccc2)cc1. The third-order valence-corrected chi connectivity index (χ3v) is 9.35. The number of piperidine rings is 1. The summed E-state index contributed by atoms with van der Waals surface area (Å²) in [6.45, 7) is 6.47. The van der Waals surface area contributed by atoms with Crippen LogP contribution in [-0.2, 0) is 4.84 Å². The van der Waals surface area contributed by atoms with E-state index >= 15 is 0 Å². The van der Waals surface area contributed by atoms with Crippen LogP contribution in [0.3, 0.4) is 0 Å². The van der Waals surface area contributed by atoms with E-state index in [1.807, 2.05) is 0 Å². The molecule has 0 aliphatic carbocycles. The Morgan fingerprint density at radius 3 is 2.22 bits per heavy atom. The topological polar surface area (TPSA) is 15.7 Å². The first-order chi connectivity index (χ1) is 20.1. The maximum absolute atomic E-state index is 7.40. The molecule has 206 valence electrons. The Balaban J connectivity index is 1.42. The van der Waals surface area contributed by atoms with E-state index in [1.54, 1.807) is 0 Å². The molecular weight excluding hydrogens is 500 g/mol. The van der Waals surface area contributed by atoms with Gasteiger partial charge in [-0.3, -0.25) is 9.74 Å². The molecule has 4 atom stereocenters. The first kappa shape index (κ1) is 26.0. The second-order valence-corrected chi connectivity index (χ2v) is 11.9. The summed E-state index contributed by atoms with van der Waals surface area (Å²) in [5.41, 5.74) is 6.03. The molecule has 41 heavy (non-hydrogen) atoms. The molecule has 0 bridgehead atoms. The van der Waals surface area contributed by atoms with E-state index in [2.05, 4.69) is 151 Å². The van der Waals surface area contributed by atoms with Gasteiger partial charge in [0.25, 0.3) is 0 Å². The number of aryl methyl sites for hydroxylation is 1. The molecule has 0 N–H and O–H groups in total. The zero-order chi connectivity index (χ0) is 27.8. The summed E-state index contributed by atoms with van der Waals surface area (Å²) in [4.78, 5) is 10.0. The van der Waals surface area contributed by atoms with Crippen molar-refractivity contribution in [1.29, 1.82) is 0 Å². The van der Waals surface area contributed by atoms with Crippen molar-refractivity contribution >= 4 is 16.5 Å². The summed E-state index contributed by atoms with van der Waals surface area (Å²) >= 11 is 0. The van der Waals surface area contributed by atoms with Crippen LogP contribution in [0.1, 0.15) is 60.0 Å². The molecule has 0 radical (unpaired) electrons. The number of likely N-dealkylation sites (tertiary alicyclic amines) is 1. The lowest BCUT2D eigenvalue weighted by Crippen LogP contribution is -2.52. The molecule has 2 aliphatic heterocycles. The van der Waals surface area contributed by atoms with Crippen molar-refractivity contribution in [3.63, 3.8) is 0 Å². The first-order valence-corrected chi connectivity index (χ1v) is 15.0. The largest absolute Gasteiger partial charge is 0.294 e. The van der Waals surface area contributed by atoms with Crippen LogP contribution < -0.4 is 5.06 Å². The second kappa shape index (κ2) is 10.8. The Hall–Kier alpha value is -3.92. The van der Waals surface area contributed by atoms with Gasteiger partial charge in [0.05, 0.1) is 11.7 Å². The maximum Gasteiger partial charge on any atom is 0.118 e. The van der Waals surface area contributed by atoms with Crippen LogP contribution in [0.5, 0.6) is 0 Å². The third-order valence-electron chi connectivity index (χ3n) is 9.35. The van der Waals surface area contributed by atoms with E-state index in [0.717, 1.165) is 31.6 Å². The van der Waals surface area contributed by atoms with Crippen LogP contribution in [0, 0.1) is 6.92 Å². The molecule has 3 heteroatoms. The number of anilines is 1. The predicted octanol–water partition coefficient (Wildman–Crippen LogP) is 9.02. The molecule has 0 aromatic heterocycles. The van der Waals surface area contributed by atoms with Crippen LogP contribution in [0.2, 0.25) is 0 Å². The average Bonchev–Trinajstić information content (AvgIpc) is 3.35. The van der Waals surface area contributed by atoms with E-state index in [9.17, 15) is 0 Å². The number of hydroxylamine groups is 1. The third kappa shape index (κ3) is 4.73. The molecule has 2 heterocycles.